The number of ether oxygens (including phenoxy) is 1. The number of thiophene rings is 2. The van der Waals surface area contributed by atoms with E-state index in [4.69, 9.17) is 4.74 Å². The van der Waals surface area contributed by atoms with E-state index in [1.165, 1.54) is 28.7 Å². The third-order valence-electron chi connectivity index (χ3n) is 4.68. The summed E-state index contributed by atoms with van der Waals surface area (Å²) in [5.41, 5.74) is 2.40. The highest BCUT2D eigenvalue weighted by Crippen LogP contribution is 2.38. The van der Waals surface area contributed by atoms with Crippen LogP contribution in [0.15, 0.2) is 34.5 Å². The van der Waals surface area contributed by atoms with Crippen LogP contribution < -0.4 is 10.6 Å². The maximum atomic E-state index is 12.3. The number of fused-ring (bicyclic) bond motifs is 1. The number of carbonyl (C=O) groups is 2. The Bertz CT molecular complexity index is 1130. The average Bonchev–Trinajstić information content (AvgIpc) is 3.51. The number of amides is 2. The zero-order valence-electron chi connectivity index (χ0n) is 16.3. The van der Waals surface area contributed by atoms with Crippen LogP contribution in [0.2, 0.25) is 0 Å². The van der Waals surface area contributed by atoms with Crippen molar-refractivity contribution in [3.05, 3.63) is 61.1 Å². The Morgan fingerprint density at radius 1 is 1.39 bits per heavy atom. The molecular formula is C21H18N4O3S3. The lowest BCUT2D eigenvalue weighted by atomic mass is 9.94. The van der Waals surface area contributed by atoms with Crippen molar-refractivity contribution in [1.82, 2.24) is 10.3 Å². The number of aromatic nitrogens is 1. The molecule has 1 aliphatic carbocycles. The van der Waals surface area contributed by atoms with E-state index < -0.39 is 6.09 Å². The van der Waals surface area contributed by atoms with Gasteiger partial charge in [0.1, 0.15) is 22.2 Å². The zero-order valence-corrected chi connectivity index (χ0v) is 18.7. The van der Waals surface area contributed by atoms with Crippen LogP contribution in [0.1, 0.15) is 33.0 Å². The van der Waals surface area contributed by atoms with Gasteiger partial charge in [-0.1, -0.05) is 0 Å². The molecule has 0 saturated heterocycles. The first-order chi connectivity index (χ1) is 15.1. The Labute approximate surface area is 191 Å². The molecule has 3 heterocycles. The van der Waals surface area contributed by atoms with Crippen molar-refractivity contribution in [2.24, 2.45) is 0 Å². The second-order valence-electron chi connectivity index (χ2n) is 6.75. The number of hydrogen-bond acceptors (Lipinski definition) is 8. The predicted octanol–water partition coefficient (Wildman–Crippen LogP) is 4.57. The Balaban J connectivity index is 1.37. The lowest BCUT2D eigenvalue weighted by molar-refractivity contribution is -0.111. The summed E-state index contributed by atoms with van der Waals surface area (Å²) < 4.78 is 5.54. The van der Waals surface area contributed by atoms with E-state index in [1.807, 2.05) is 22.2 Å². The van der Waals surface area contributed by atoms with Crippen LogP contribution in [0.5, 0.6) is 0 Å². The van der Waals surface area contributed by atoms with Gasteiger partial charge in [-0.2, -0.15) is 16.6 Å². The summed E-state index contributed by atoms with van der Waals surface area (Å²) in [6.07, 6.45) is 5.92. The molecule has 3 aromatic rings. The van der Waals surface area contributed by atoms with Crippen molar-refractivity contribution in [1.29, 1.82) is 5.26 Å². The first kappa shape index (κ1) is 21.2. The third kappa shape index (κ3) is 5.38. The van der Waals surface area contributed by atoms with E-state index in [0.717, 1.165) is 21.0 Å². The van der Waals surface area contributed by atoms with Crippen LogP contribution in [-0.4, -0.2) is 23.1 Å². The van der Waals surface area contributed by atoms with Gasteiger partial charge in [-0.25, -0.2) is 9.78 Å². The number of alkyl carbamates (subject to hydrolysis) is 1. The van der Waals surface area contributed by atoms with Crippen LogP contribution in [0.3, 0.4) is 0 Å². The molecule has 1 atom stereocenters. The summed E-state index contributed by atoms with van der Waals surface area (Å²) in [4.78, 5) is 29.5. The lowest BCUT2D eigenvalue weighted by Crippen LogP contribution is -2.31. The quantitative estimate of drug-likeness (QED) is 0.514. The Morgan fingerprint density at radius 2 is 2.29 bits per heavy atom. The highest BCUT2D eigenvalue weighted by Gasteiger charge is 2.28. The van der Waals surface area contributed by atoms with E-state index >= 15 is 0 Å². The van der Waals surface area contributed by atoms with Crippen molar-refractivity contribution in [2.75, 3.05) is 5.32 Å². The predicted molar refractivity (Wildman–Crippen MR) is 122 cm³/mol. The molecule has 10 heteroatoms. The molecule has 0 aromatic carbocycles. The van der Waals surface area contributed by atoms with Crippen LogP contribution in [0.25, 0.3) is 6.08 Å². The second-order valence-corrected chi connectivity index (χ2v) is 9.61. The summed E-state index contributed by atoms with van der Waals surface area (Å²) >= 11 is 4.40. The smallest absolute Gasteiger partial charge is 0.407 e. The molecular weight excluding hydrogens is 452 g/mol. The summed E-state index contributed by atoms with van der Waals surface area (Å²) in [6, 6.07) is 4.14. The van der Waals surface area contributed by atoms with E-state index in [1.54, 1.807) is 23.6 Å². The Hall–Kier alpha value is -3.00. The molecule has 0 radical (unpaired) electrons. The van der Waals surface area contributed by atoms with E-state index in [0.29, 0.717) is 36.4 Å². The van der Waals surface area contributed by atoms with Gasteiger partial charge in [0.2, 0.25) is 5.91 Å². The molecule has 31 heavy (non-hydrogen) atoms. The monoisotopic (exact) mass is 470 g/mol. The number of anilines is 1. The number of rotatable bonds is 6. The molecule has 0 bridgehead atoms. The SMILES string of the molecule is N#Cc1c(NC(=O)C=Cc2ccsc2)sc2c1CCC(OC(=O)NCc1nccs1)C2. The number of nitriles is 1. The van der Waals surface area contributed by atoms with Crippen LogP contribution in [-0.2, 0) is 28.9 Å². The van der Waals surface area contributed by atoms with Gasteiger partial charge < -0.3 is 15.4 Å². The largest absolute Gasteiger partial charge is 0.446 e. The summed E-state index contributed by atoms with van der Waals surface area (Å²) in [5, 5.41) is 22.2. The lowest BCUT2D eigenvalue weighted by Gasteiger charge is -2.22. The van der Waals surface area contributed by atoms with Gasteiger partial charge >= 0.3 is 6.09 Å². The van der Waals surface area contributed by atoms with Gasteiger partial charge in [0.05, 0.1) is 12.1 Å². The maximum absolute atomic E-state index is 12.3. The number of thiazole rings is 1. The van der Waals surface area contributed by atoms with E-state index in [-0.39, 0.29) is 12.0 Å². The van der Waals surface area contributed by atoms with Crippen molar-refractivity contribution < 1.29 is 14.3 Å². The van der Waals surface area contributed by atoms with Crippen LogP contribution >= 0.6 is 34.0 Å². The van der Waals surface area contributed by atoms with Crippen LogP contribution in [0.4, 0.5) is 9.80 Å². The summed E-state index contributed by atoms with van der Waals surface area (Å²) in [6.45, 7) is 0.334. The van der Waals surface area contributed by atoms with Gasteiger partial charge in [-0.15, -0.1) is 22.7 Å². The van der Waals surface area contributed by atoms with E-state index in [2.05, 4.69) is 21.7 Å². The molecule has 1 unspecified atom stereocenters. The van der Waals surface area contributed by atoms with Crippen molar-refractivity contribution in [3.63, 3.8) is 0 Å². The Kier molecular flexibility index (Phi) is 6.76. The van der Waals surface area contributed by atoms with Gasteiger partial charge in [-0.05, 0) is 46.9 Å². The second kappa shape index (κ2) is 9.87. The molecule has 0 aliphatic heterocycles. The number of nitrogens with one attached hydrogen (secondary N) is 2. The summed E-state index contributed by atoms with van der Waals surface area (Å²) in [7, 11) is 0. The fourth-order valence-corrected chi connectivity index (χ4v) is 5.69. The minimum absolute atomic E-state index is 0.268. The van der Waals surface area contributed by atoms with E-state index in [9.17, 15) is 14.9 Å². The van der Waals surface area contributed by atoms with Crippen molar-refractivity contribution >= 4 is 57.1 Å². The minimum Gasteiger partial charge on any atom is -0.446 e. The van der Waals surface area contributed by atoms with Crippen molar-refractivity contribution in [2.45, 2.75) is 31.9 Å². The first-order valence-corrected chi connectivity index (χ1v) is 12.1. The zero-order chi connectivity index (χ0) is 21.6. The molecule has 2 N–H and O–H groups in total. The molecule has 0 saturated carbocycles. The molecule has 4 rings (SSSR count). The molecule has 3 aromatic heterocycles. The van der Waals surface area contributed by atoms with Gasteiger partial charge in [0.15, 0.2) is 0 Å². The normalized spacial score (nSPS) is 15.3. The van der Waals surface area contributed by atoms with Gasteiger partial charge in [0.25, 0.3) is 0 Å². The molecule has 0 spiro atoms. The third-order valence-corrected chi connectivity index (χ3v) is 7.33. The number of nitrogens with zero attached hydrogens (tertiary/aromatic N) is 2. The first-order valence-electron chi connectivity index (χ1n) is 9.51. The fourth-order valence-electron chi connectivity index (χ4n) is 3.24. The number of carbonyl (C=O) groups excluding carboxylic acids is 2. The maximum Gasteiger partial charge on any atom is 0.407 e. The van der Waals surface area contributed by atoms with Crippen molar-refractivity contribution in [3.8, 4) is 6.07 Å². The highest BCUT2D eigenvalue weighted by atomic mass is 32.1. The topological polar surface area (TPSA) is 104 Å². The highest BCUT2D eigenvalue weighted by molar-refractivity contribution is 7.16. The standard InChI is InChI=1S/C21H18N4O3S3/c22-10-16-15-3-2-14(28-21(27)24-11-19-23-6-8-30-19)9-17(15)31-20(16)25-18(26)4-1-13-5-7-29-12-13/h1,4-8,12,14H,2-3,9,11H2,(H,24,27)(H,25,26). The molecule has 1 aliphatic rings. The molecule has 0 fully saturated rings. The molecule has 7 nitrogen and oxygen atoms in total. The number of hydrogen-bond donors (Lipinski definition) is 2. The Morgan fingerprint density at radius 3 is 3.03 bits per heavy atom. The van der Waals surface area contributed by atoms with Gasteiger partial charge in [0, 0.05) is 29.0 Å². The average molecular weight is 471 g/mol. The molecule has 158 valence electrons. The van der Waals surface area contributed by atoms with Crippen LogP contribution in [0, 0.1) is 11.3 Å². The minimum atomic E-state index is -0.479. The van der Waals surface area contributed by atoms with Gasteiger partial charge in [-0.3, -0.25) is 4.79 Å². The fraction of sp³-hybridized carbons (Fsp3) is 0.238. The molecule has 2 amide bonds. The summed E-state index contributed by atoms with van der Waals surface area (Å²) in [5.74, 6) is -0.282.